The molecule has 0 amide bonds. The van der Waals surface area contributed by atoms with Crippen LogP contribution in [0.3, 0.4) is 0 Å². The molecule has 14 heavy (non-hydrogen) atoms. The number of thioether (sulfide) groups is 1. The zero-order valence-corrected chi connectivity index (χ0v) is 9.71. The molecule has 0 bridgehead atoms. The molecule has 1 rings (SSSR count). The van der Waals surface area contributed by atoms with E-state index in [1.807, 2.05) is 18.3 Å². The lowest BCUT2D eigenvalue weighted by atomic mass is 10.2. The lowest BCUT2D eigenvalue weighted by Gasteiger charge is -2.06. The second kappa shape index (κ2) is 5.37. The number of hydrogen-bond donors (Lipinski definition) is 1. The van der Waals surface area contributed by atoms with E-state index < -0.39 is 6.10 Å². The molecule has 0 aliphatic heterocycles. The van der Waals surface area contributed by atoms with Gasteiger partial charge in [0.25, 0.3) is 0 Å². The van der Waals surface area contributed by atoms with Gasteiger partial charge in [0.15, 0.2) is 0 Å². The van der Waals surface area contributed by atoms with Crippen LogP contribution < -0.4 is 0 Å². The second-order valence-electron chi connectivity index (χ2n) is 3.80. The molecule has 1 aromatic rings. The van der Waals surface area contributed by atoms with Crippen molar-refractivity contribution < 1.29 is 5.11 Å². The molecule has 1 atom stereocenters. The third kappa shape index (κ3) is 3.68. The van der Waals surface area contributed by atoms with Gasteiger partial charge in [0.1, 0.15) is 0 Å². The summed E-state index contributed by atoms with van der Waals surface area (Å²) in [7, 11) is 0. The lowest BCUT2D eigenvalue weighted by Crippen LogP contribution is -1.95. The minimum Gasteiger partial charge on any atom is -0.387 e. The molecular formula is C11H17NOS. The summed E-state index contributed by atoms with van der Waals surface area (Å²) in [5, 5.41) is 9.26. The minimum atomic E-state index is -0.473. The first-order valence-electron chi connectivity index (χ1n) is 4.86. The van der Waals surface area contributed by atoms with Gasteiger partial charge in [-0.15, -0.1) is 11.8 Å². The van der Waals surface area contributed by atoms with Crippen LogP contribution in [0.5, 0.6) is 0 Å². The number of nitrogens with zero attached hydrogens (tertiary/aromatic N) is 1. The molecule has 0 saturated carbocycles. The van der Waals surface area contributed by atoms with Gasteiger partial charge in [0.05, 0.1) is 11.8 Å². The van der Waals surface area contributed by atoms with Crippen LogP contribution >= 0.6 is 11.8 Å². The molecule has 1 unspecified atom stereocenters. The van der Waals surface area contributed by atoms with Gasteiger partial charge < -0.3 is 5.11 Å². The van der Waals surface area contributed by atoms with E-state index in [2.05, 4.69) is 18.8 Å². The minimum absolute atomic E-state index is 0.473. The Morgan fingerprint density at radius 2 is 2.07 bits per heavy atom. The predicted molar refractivity (Wildman–Crippen MR) is 60.4 cm³/mol. The third-order valence-corrected chi connectivity index (χ3v) is 3.18. The summed E-state index contributed by atoms with van der Waals surface area (Å²) in [6.07, 6.45) is 1.36. The Morgan fingerprint density at radius 3 is 2.50 bits per heavy atom. The molecule has 0 radical (unpaired) electrons. The Bertz CT molecular complexity index is 269. The van der Waals surface area contributed by atoms with E-state index >= 15 is 0 Å². The highest BCUT2D eigenvalue weighted by Crippen LogP contribution is 2.20. The summed E-state index contributed by atoms with van der Waals surface area (Å²) in [6, 6.07) is 3.90. The van der Waals surface area contributed by atoms with Crippen LogP contribution in [0.25, 0.3) is 0 Å². The fourth-order valence-corrected chi connectivity index (χ4v) is 1.80. The molecule has 0 aliphatic carbocycles. The van der Waals surface area contributed by atoms with Crippen molar-refractivity contribution in [3.05, 3.63) is 24.0 Å². The Kier molecular flexibility index (Phi) is 4.42. The maximum absolute atomic E-state index is 9.26. The summed E-state index contributed by atoms with van der Waals surface area (Å²) in [5.41, 5.74) is 0.735. The van der Waals surface area contributed by atoms with Gasteiger partial charge in [-0.25, -0.2) is 0 Å². The van der Waals surface area contributed by atoms with Crippen LogP contribution in [-0.2, 0) is 0 Å². The summed E-state index contributed by atoms with van der Waals surface area (Å²) in [4.78, 5) is 5.35. The zero-order valence-electron chi connectivity index (χ0n) is 8.90. The van der Waals surface area contributed by atoms with Crippen LogP contribution in [-0.4, -0.2) is 15.8 Å². The Morgan fingerprint density at radius 1 is 1.36 bits per heavy atom. The Labute approximate surface area is 89.8 Å². The molecule has 2 nitrogen and oxygen atoms in total. The monoisotopic (exact) mass is 211 g/mol. The summed E-state index contributed by atoms with van der Waals surface area (Å²) in [5.74, 6) is 1.80. The van der Waals surface area contributed by atoms with Crippen molar-refractivity contribution in [2.75, 3.05) is 5.75 Å². The van der Waals surface area contributed by atoms with Crippen molar-refractivity contribution in [2.45, 2.75) is 31.8 Å². The van der Waals surface area contributed by atoms with Gasteiger partial charge in [-0.1, -0.05) is 13.8 Å². The van der Waals surface area contributed by atoms with Crippen molar-refractivity contribution in [3.8, 4) is 0 Å². The lowest BCUT2D eigenvalue weighted by molar-refractivity contribution is 0.194. The highest BCUT2D eigenvalue weighted by molar-refractivity contribution is 7.99. The first-order chi connectivity index (χ1) is 6.59. The first-order valence-corrected chi connectivity index (χ1v) is 5.85. The number of aliphatic hydroxyl groups is 1. The number of aliphatic hydroxyl groups excluding tert-OH is 1. The standard InChI is InChI=1S/C11H17NOS/c1-8(2)7-14-10-4-5-11(9(3)13)12-6-10/h4-6,8-9,13H,7H2,1-3H3. The average Bonchev–Trinajstić information content (AvgIpc) is 2.15. The van der Waals surface area contributed by atoms with Crippen molar-refractivity contribution in [1.82, 2.24) is 4.98 Å². The normalized spacial score (nSPS) is 13.2. The molecule has 0 aromatic carbocycles. The van der Waals surface area contributed by atoms with E-state index in [0.717, 1.165) is 11.4 Å². The Hall–Kier alpha value is -0.540. The zero-order chi connectivity index (χ0) is 10.6. The highest BCUT2D eigenvalue weighted by atomic mass is 32.2. The number of rotatable bonds is 4. The van der Waals surface area contributed by atoms with Gasteiger partial charge >= 0.3 is 0 Å². The van der Waals surface area contributed by atoms with Crippen LogP contribution in [0.1, 0.15) is 32.6 Å². The van der Waals surface area contributed by atoms with Crippen LogP contribution in [0.4, 0.5) is 0 Å². The van der Waals surface area contributed by atoms with Gasteiger partial charge in [0.2, 0.25) is 0 Å². The highest BCUT2D eigenvalue weighted by Gasteiger charge is 2.02. The van der Waals surface area contributed by atoms with Crippen molar-refractivity contribution in [3.63, 3.8) is 0 Å². The molecule has 0 saturated heterocycles. The quantitative estimate of drug-likeness (QED) is 0.777. The van der Waals surface area contributed by atoms with Gasteiger partial charge in [-0.2, -0.15) is 0 Å². The van der Waals surface area contributed by atoms with Crippen molar-refractivity contribution in [2.24, 2.45) is 5.92 Å². The molecule has 1 heterocycles. The van der Waals surface area contributed by atoms with Crippen LogP contribution in [0.2, 0.25) is 0 Å². The number of aromatic nitrogens is 1. The van der Waals surface area contributed by atoms with Gasteiger partial charge in [-0.05, 0) is 25.0 Å². The smallest absolute Gasteiger partial charge is 0.0931 e. The molecule has 3 heteroatoms. The number of hydrogen-bond acceptors (Lipinski definition) is 3. The summed E-state index contributed by atoms with van der Waals surface area (Å²) >= 11 is 1.80. The van der Waals surface area contributed by atoms with E-state index in [9.17, 15) is 5.11 Å². The van der Waals surface area contributed by atoms with Crippen molar-refractivity contribution >= 4 is 11.8 Å². The first kappa shape index (κ1) is 11.5. The van der Waals surface area contributed by atoms with Crippen LogP contribution in [0.15, 0.2) is 23.2 Å². The summed E-state index contributed by atoms with van der Waals surface area (Å²) < 4.78 is 0. The number of pyridine rings is 1. The largest absolute Gasteiger partial charge is 0.387 e. The van der Waals surface area contributed by atoms with Crippen LogP contribution in [0, 0.1) is 5.92 Å². The fraction of sp³-hybridized carbons (Fsp3) is 0.545. The summed E-state index contributed by atoms with van der Waals surface area (Å²) in [6.45, 7) is 6.12. The SMILES string of the molecule is CC(C)CSc1ccc(C(C)O)nc1. The maximum atomic E-state index is 9.26. The molecule has 1 N–H and O–H groups in total. The molecular weight excluding hydrogens is 194 g/mol. The van der Waals surface area contributed by atoms with Crippen molar-refractivity contribution in [1.29, 1.82) is 0 Å². The maximum Gasteiger partial charge on any atom is 0.0931 e. The van der Waals surface area contributed by atoms with Gasteiger partial charge in [0, 0.05) is 16.8 Å². The van der Waals surface area contributed by atoms with E-state index in [-0.39, 0.29) is 0 Å². The fourth-order valence-electron chi connectivity index (χ4n) is 0.987. The Balaban J connectivity index is 2.55. The topological polar surface area (TPSA) is 33.1 Å². The van der Waals surface area contributed by atoms with Gasteiger partial charge in [-0.3, -0.25) is 4.98 Å². The average molecular weight is 211 g/mol. The third-order valence-electron chi connectivity index (χ3n) is 1.77. The van der Waals surface area contributed by atoms with E-state index in [0.29, 0.717) is 5.92 Å². The molecule has 1 aromatic heterocycles. The molecule has 0 aliphatic rings. The molecule has 0 spiro atoms. The molecule has 0 fully saturated rings. The van der Waals surface area contributed by atoms with E-state index in [1.165, 1.54) is 4.90 Å². The van der Waals surface area contributed by atoms with E-state index in [1.54, 1.807) is 18.7 Å². The second-order valence-corrected chi connectivity index (χ2v) is 4.89. The predicted octanol–water partition coefficient (Wildman–Crippen LogP) is 2.88. The van der Waals surface area contributed by atoms with E-state index in [4.69, 9.17) is 0 Å². The molecule has 78 valence electrons.